The molecule has 0 fully saturated rings. The maximum Gasteiger partial charge on any atom is 0.289 e. The number of benzene rings is 1. The number of hydrogen-bond donors (Lipinski definition) is 1. The van der Waals surface area contributed by atoms with Gasteiger partial charge in [0, 0.05) is 22.9 Å². The van der Waals surface area contributed by atoms with Gasteiger partial charge in [-0.15, -0.1) is 0 Å². The lowest BCUT2D eigenvalue weighted by atomic mass is 10.3. The van der Waals surface area contributed by atoms with Crippen LogP contribution in [-0.2, 0) is 10.0 Å². The molecule has 0 saturated heterocycles. The van der Waals surface area contributed by atoms with Crippen molar-refractivity contribution in [2.45, 2.75) is 4.90 Å². The number of nitrogens with one attached hydrogen (secondary N) is 1. The second kappa shape index (κ2) is 5.96. The molecule has 10 heteroatoms. The summed E-state index contributed by atoms with van der Waals surface area (Å²) in [7, 11) is -3.90. The van der Waals surface area contributed by atoms with Crippen LogP contribution in [0.3, 0.4) is 0 Å². The van der Waals surface area contributed by atoms with E-state index in [0.717, 1.165) is 12.3 Å². The van der Waals surface area contributed by atoms with Gasteiger partial charge in [0.1, 0.15) is 9.92 Å². The maximum absolute atomic E-state index is 12.1. The van der Waals surface area contributed by atoms with Crippen LogP contribution >= 0.6 is 27.5 Å². The van der Waals surface area contributed by atoms with E-state index in [4.69, 9.17) is 11.6 Å². The first-order chi connectivity index (χ1) is 9.79. The van der Waals surface area contributed by atoms with Crippen LogP contribution in [0.5, 0.6) is 0 Å². The Morgan fingerprint density at radius 3 is 2.62 bits per heavy atom. The third-order valence-electron chi connectivity index (χ3n) is 2.39. The summed E-state index contributed by atoms with van der Waals surface area (Å²) in [6.07, 6.45) is 2.60. The predicted octanol–water partition coefficient (Wildman–Crippen LogP) is 3.21. The smallest absolute Gasteiger partial charge is 0.279 e. The van der Waals surface area contributed by atoms with Crippen molar-refractivity contribution in [3.05, 3.63) is 56.3 Å². The highest BCUT2D eigenvalue weighted by Gasteiger charge is 2.18. The Morgan fingerprint density at radius 2 is 2.00 bits per heavy atom. The highest BCUT2D eigenvalue weighted by atomic mass is 79.9. The maximum atomic E-state index is 12.1. The first-order valence-electron chi connectivity index (χ1n) is 5.37. The van der Waals surface area contributed by atoms with Crippen molar-refractivity contribution in [2.75, 3.05) is 4.72 Å². The van der Waals surface area contributed by atoms with Gasteiger partial charge in [0.25, 0.3) is 15.7 Å². The van der Waals surface area contributed by atoms with Crippen molar-refractivity contribution in [1.82, 2.24) is 4.98 Å². The lowest BCUT2D eigenvalue weighted by Gasteiger charge is -2.08. The van der Waals surface area contributed by atoms with Gasteiger partial charge < -0.3 is 0 Å². The minimum Gasteiger partial charge on any atom is -0.279 e. The van der Waals surface area contributed by atoms with Gasteiger partial charge in [-0.05, 0) is 34.1 Å². The van der Waals surface area contributed by atoms with Gasteiger partial charge in [0.15, 0.2) is 0 Å². The minimum atomic E-state index is -3.90. The molecule has 2 rings (SSSR count). The van der Waals surface area contributed by atoms with E-state index >= 15 is 0 Å². The number of sulfonamides is 1. The van der Waals surface area contributed by atoms with Crippen LogP contribution in [0.4, 0.5) is 11.4 Å². The molecule has 0 bridgehead atoms. The second-order valence-electron chi connectivity index (χ2n) is 3.87. The van der Waals surface area contributed by atoms with E-state index in [9.17, 15) is 18.5 Å². The van der Waals surface area contributed by atoms with E-state index in [1.165, 1.54) is 24.4 Å². The van der Waals surface area contributed by atoms with E-state index in [0.29, 0.717) is 4.47 Å². The number of nitro benzene ring substituents is 1. The largest absolute Gasteiger partial charge is 0.289 e. The van der Waals surface area contributed by atoms with E-state index < -0.39 is 14.9 Å². The fourth-order valence-corrected chi connectivity index (χ4v) is 3.21. The fraction of sp³-hybridized carbons (Fsp3) is 0. The number of rotatable bonds is 4. The lowest BCUT2D eigenvalue weighted by molar-refractivity contribution is -0.384. The minimum absolute atomic E-state index is 0.0334. The van der Waals surface area contributed by atoms with Crippen LogP contribution in [0.2, 0.25) is 5.02 Å². The SMILES string of the molecule is O=[N+]([O-])c1cc(NS(=O)(=O)c2cncc(Br)c2)ccc1Cl. The summed E-state index contributed by atoms with van der Waals surface area (Å²) in [5.74, 6) is 0. The highest BCUT2D eigenvalue weighted by Crippen LogP contribution is 2.28. The van der Waals surface area contributed by atoms with Gasteiger partial charge >= 0.3 is 0 Å². The van der Waals surface area contributed by atoms with Crippen molar-refractivity contribution in [2.24, 2.45) is 0 Å². The molecule has 2 aromatic rings. The predicted molar refractivity (Wildman–Crippen MR) is 80.9 cm³/mol. The number of halogens is 2. The van der Waals surface area contributed by atoms with Crippen LogP contribution in [0, 0.1) is 10.1 Å². The van der Waals surface area contributed by atoms with Gasteiger partial charge in [-0.3, -0.25) is 19.8 Å². The summed E-state index contributed by atoms with van der Waals surface area (Å²) in [4.78, 5) is 13.8. The number of nitro groups is 1. The molecule has 1 N–H and O–H groups in total. The first-order valence-corrected chi connectivity index (χ1v) is 8.02. The Balaban J connectivity index is 2.37. The van der Waals surface area contributed by atoms with E-state index in [1.54, 1.807) is 0 Å². The van der Waals surface area contributed by atoms with E-state index in [2.05, 4.69) is 25.6 Å². The van der Waals surface area contributed by atoms with Crippen LogP contribution in [0.25, 0.3) is 0 Å². The molecule has 1 aromatic heterocycles. The van der Waals surface area contributed by atoms with Gasteiger partial charge in [0.05, 0.1) is 10.6 Å². The zero-order chi connectivity index (χ0) is 15.6. The number of aromatic nitrogens is 1. The molecule has 1 heterocycles. The van der Waals surface area contributed by atoms with Crippen molar-refractivity contribution >= 4 is 48.9 Å². The van der Waals surface area contributed by atoms with Gasteiger partial charge in [-0.1, -0.05) is 11.6 Å². The number of nitrogens with zero attached hydrogens (tertiary/aromatic N) is 2. The zero-order valence-corrected chi connectivity index (χ0v) is 13.3. The van der Waals surface area contributed by atoms with Gasteiger partial charge in [-0.2, -0.15) is 0 Å². The van der Waals surface area contributed by atoms with Crippen LogP contribution in [-0.4, -0.2) is 18.3 Å². The normalized spacial score (nSPS) is 11.1. The molecule has 0 radical (unpaired) electrons. The third-order valence-corrected chi connectivity index (χ3v) is 4.49. The molecule has 0 aliphatic rings. The Hall–Kier alpha value is -1.71. The molecule has 0 spiro atoms. The Labute approximate surface area is 133 Å². The summed E-state index contributed by atoms with van der Waals surface area (Å²) in [5, 5.41) is 10.7. The average molecular weight is 393 g/mol. The summed E-state index contributed by atoms with van der Waals surface area (Å²) >= 11 is 8.78. The Bertz CT molecular complexity index is 813. The fourth-order valence-electron chi connectivity index (χ4n) is 1.47. The van der Waals surface area contributed by atoms with E-state index in [-0.39, 0.29) is 21.3 Å². The molecule has 21 heavy (non-hydrogen) atoms. The number of pyridine rings is 1. The summed E-state index contributed by atoms with van der Waals surface area (Å²) in [6.45, 7) is 0. The zero-order valence-electron chi connectivity index (χ0n) is 10.2. The van der Waals surface area contributed by atoms with Crippen LogP contribution in [0.1, 0.15) is 0 Å². The average Bonchev–Trinajstić information content (AvgIpc) is 2.40. The Kier molecular flexibility index (Phi) is 4.45. The highest BCUT2D eigenvalue weighted by molar-refractivity contribution is 9.10. The quantitative estimate of drug-likeness (QED) is 0.636. The summed E-state index contributed by atoms with van der Waals surface area (Å²) < 4.78 is 27.0. The molecular weight excluding hydrogens is 386 g/mol. The van der Waals surface area contributed by atoms with Crippen molar-refractivity contribution in [3.63, 3.8) is 0 Å². The van der Waals surface area contributed by atoms with Gasteiger partial charge in [-0.25, -0.2) is 8.42 Å². The topological polar surface area (TPSA) is 102 Å². The molecule has 1 aromatic carbocycles. The summed E-state index contributed by atoms with van der Waals surface area (Å²) in [5.41, 5.74) is -0.352. The molecule has 0 saturated carbocycles. The third kappa shape index (κ3) is 3.69. The molecule has 0 aliphatic heterocycles. The van der Waals surface area contributed by atoms with Crippen LogP contribution in [0.15, 0.2) is 46.0 Å². The first kappa shape index (κ1) is 15.7. The van der Waals surface area contributed by atoms with Gasteiger partial charge in [0.2, 0.25) is 0 Å². The lowest BCUT2D eigenvalue weighted by Crippen LogP contribution is -2.13. The molecule has 0 atom stereocenters. The van der Waals surface area contributed by atoms with E-state index in [1.807, 2.05) is 0 Å². The number of hydrogen-bond acceptors (Lipinski definition) is 5. The van der Waals surface area contributed by atoms with Crippen molar-refractivity contribution in [1.29, 1.82) is 0 Å². The molecule has 0 unspecified atom stereocenters. The van der Waals surface area contributed by atoms with Crippen LogP contribution < -0.4 is 4.72 Å². The standard InChI is InChI=1S/C11H7BrClN3O4S/c12-7-3-9(6-14-5-7)21(19,20)15-8-1-2-10(13)11(4-8)16(17)18/h1-6,15H. The monoisotopic (exact) mass is 391 g/mol. The van der Waals surface area contributed by atoms with Crippen molar-refractivity contribution < 1.29 is 13.3 Å². The Morgan fingerprint density at radius 1 is 1.29 bits per heavy atom. The summed E-state index contributed by atoms with van der Waals surface area (Å²) in [6, 6.07) is 4.99. The molecular formula is C11H7BrClN3O4S. The number of anilines is 1. The van der Waals surface area contributed by atoms with Crippen molar-refractivity contribution in [3.8, 4) is 0 Å². The molecule has 0 amide bonds. The molecule has 110 valence electrons. The second-order valence-corrected chi connectivity index (χ2v) is 6.87. The molecule has 0 aliphatic carbocycles. The molecule has 7 nitrogen and oxygen atoms in total.